The van der Waals surface area contributed by atoms with Gasteiger partial charge in [-0.25, -0.2) is 8.78 Å². The van der Waals surface area contributed by atoms with Gasteiger partial charge in [-0.05, 0) is 118 Å². The minimum atomic E-state index is -4.43. The fourth-order valence-corrected chi connectivity index (χ4v) is 4.98. The Kier molecular flexibility index (Phi) is 6.62. The van der Waals surface area contributed by atoms with Crippen molar-refractivity contribution in [1.82, 2.24) is 4.98 Å². The van der Waals surface area contributed by atoms with Gasteiger partial charge in [-0.3, -0.25) is 4.98 Å². The predicted octanol–water partition coefficient (Wildman–Crippen LogP) is 10.5. The lowest BCUT2D eigenvalue weighted by atomic mass is 9.93. The van der Waals surface area contributed by atoms with Crippen molar-refractivity contribution in [2.75, 3.05) is 0 Å². The third-order valence-electron chi connectivity index (χ3n) is 7.04. The molecule has 1 heterocycles. The van der Waals surface area contributed by atoms with E-state index in [-0.39, 0.29) is 11.6 Å². The number of rotatable bonds is 4. The Balaban J connectivity index is 1.43. The summed E-state index contributed by atoms with van der Waals surface area (Å²) in [5, 5.41) is 0.825. The quantitative estimate of drug-likeness (QED) is 0.199. The summed E-state index contributed by atoms with van der Waals surface area (Å²) in [6, 6.07) is 29.8. The molecule has 0 N–H and O–H groups in total. The Hall–Kier alpha value is -4.84. The van der Waals surface area contributed by atoms with E-state index in [1.165, 1.54) is 24.3 Å². The van der Waals surface area contributed by atoms with Gasteiger partial charge in [-0.15, -0.1) is 0 Å². The number of halogens is 5. The summed E-state index contributed by atoms with van der Waals surface area (Å²) >= 11 is 0. The Morgan fingerprint density at radius 2 is 1.00 bits per heavy atom. The molecule has 5 aromatic carbocycles. The average molecular weight is 552 g/mol. The van der Waals surface area contributed by atoms with Crippen LogP contribution in [0.1, 0.15) is 11.1 Å². The third-order valence-corrected chi connectivity index (χ3v) is 7.04. The maximum absolute atomic E-state index is 13.6. The lowest BCUT2D eigenvalue weighted by molar-refractivity contribution is -0.137. The molecule has 41 heavy (non-hydrogen) atoms. The maximum atomic E-state index is 13.6. The minimum Gasteiger partial charge on any atom is -0.256 e. The van der Waals surface area contributed by atoms with Crippen LogP contribution in [-0.2, 0) is 6.18 Å². The summed E-state index contributed by atoms with van der Waals surface area (Å²) < 4.78 is 67.4. The zero-order valence-electron chi connectivity index (χ0n) is 21.8. The van der Waals surface area contributed by atoms with Gasteiger partial charge in [0.1, 0.15) is 11.6 Å². The monoisotopic (exact) mass is 551 g/mol. The van der Waals surface area contributed by atoms with E-state index in [0.29, 0.717) is 22.2 Å². The molecule has 0 atom stereocenters. The molecule has 0 aliphatic rings. The van der Waals surface area contributed by atoms with Gasteiger partial charge in [-0.2, -0.15) is 13.2 Å². The number of nitrogens with zero attached hydrogens (tertiary/aromatic N) is 1. The molecule has 0 unspecified atom stereocenters. The largest absolute Gasteiger partial charge is 0.416 e. The van der Waals surface area contributed by atoms with Crippen molar-refractivity contribution in [3.8, 4) is 44.5 Å². The molecule has 202 valence electrons. The van der Waals surface area contributed by atoms with E-state index >= 15 is 0 Å². The Morgan fingerprint density at radius 1 is 0.488 bits per heavy atom. The van der Waals surface area contributed by atoms with Crippen molar-refractivity contribution in [2.24, 2.45) is 0 Å². The van der Waals surface area contributed by atoms with Crippen LogP contribution in [0.25, 0.3) is 55.4 Å². The van der Waals surface area contributed by atoms with Gasteiger partial charge in [0.05, 0.1) is 11.1 Å². The van der Waals surface area contributed by atoms with E-state index in [1.807, 2.05) is 30.3 Å². The first-order valence-electron chi connectivity index (χ1n) is 12.9. The molecular formula is C35H22F5N. The smallest absolute Gasteiger partial charge is 0.256 e. The maximum Gasteiger partial charge on any atom is 0.416 e. The predicted molar refractivity (Wildman–Crippen MR) is 153 cm³/mol. The van der Waals surface area contributed by atoms with E-state index in [1.54, 1.807) is 55.6 Å². The molecule has 6 aromatic rings. The molecule has 0 spiro atoms. The summed E-state index contributed by atoms with van der Waals surface area (Å²) in [4.78, 5) is 4.64. The second kappa shape index (κ2) is 10.3. The zero-order valence-corrected chi connectivity index (χ0v) is 21.8. The molecule has 0 fully saturated rings. The third kappa shape index (κ3) is 5.59. The molecule has 0 radical (unpaired) electrons. The summed E-state index contributed by atoms with van der Waals surface area (Å²) in [6.45, 7) is 1.64. The van der Waals surface area contributed by atoms with Gasteiger partial charge in [0.15, 0.2) is 0 Å². The molecular weight excluding hydrogens is 529 g/mol. The second-order valence-electron chi connectivity index (χ2n) is 10.0. The van der Waals surface area contributed by atoms with Crippen molar-refractivity contribution in [2.45, 2.75) is 13.1 Å². The molecule has 0 aliphatic carbocycles. The number of benzene rings is 5. The minimum absolute atomic E-state index is 0.331. The molecule has 1 aromatic heterocycles. The molecule has 0 saturated heterocycles. The zero-order chi connectivity index (χ0) is 28.7. The van der Waals surface area contributed by atoms with Crippen molar-refractivity contribution in [3.05, 3.63) is 138 Å². The Morgan fingerprint density at radius 3 is 1.56 bits per heavy atom. The van der Waals surface area contributed by atoms with Gasteiger partial charge >= 0.3 is 6.18 Å². The topological polar surface area (TPSA) is 12.9 Å². The molecule has 0 aliphatic heterocycles. The molecule has 0 bridgehead atoms. The van der Waals surface area contributed by atoms with Crippen LogP contribution in [0, 0.1) is 18.6 Å². The number of alkyl halides is 3. The normalized spacial score (nSPS) is 11.7. The second-order valence-corrected chi connectivity index (χ2v) is 10.0. The van der Waals surface area contributed by atoms with Gasteiger partial charge in [0.25, 0.3) is 0 Å². The van der Waals surface area contributed by atoms with Crippen LogP contribution in [-0.4, -0.2) is 4.98 Å². The van der Waals surface area contributed by atoms with Crippen LogP contribution in [0.15, 0.2) is 115 Å². The fourth-order valence-electron chi connectivity index (χ4n) is 4.98. The van der Waals surface area contributed by atoms with E-state index in [9.17, 15) is 22.0 Å². The van der Waals surface area contributed by atoms with Crippen LogP contribution in [0.4, 0.5) is 22.0 Å². The standard InChI is InChI=1S/C35H22F5N/c1-21-12-26(18-31(13-21)35(38,39)40)24-2-3-25-14-30(20-41-34(25)19-24)29-16-27(22-4-8-32(36)9-5-22)15-28(17-29)23-6-10-33(37)11-7-23/h2-20H,1H3. The fraction of sp³-hybridized carbons (Fsp3) is 0.0571. The summed E-state index contributed by atoms with van der Waals surface area (Å²) in [7, 11) is 0. The van der Waals surface area contributed by atoms with E-state index in [2.05, 4.69) is 4.98 Å². The van der Waals surface area contributed by atoms with Gasteiger partial charge < -0.3 is 0 Å². The summed E-state index contributed by atoms with van der Waals surface area (Å²) in [5.74, 6) is -0.663. The molecule has 1 nitrogen and oxygen atoms in total. The highest BCUT2D eigenvalue weighted by molar-refractivity contribution is 5.89. The number of hydrogen-bond acceptors (Lipinski definition) is 1. The van der Waals surface area contributed by atoms with Crippen LogP contribution in [0.2, 0.25) is 0 Å². The lowest BCUT2D eigenvalue weighted by Crippen LogP contribution is -2.05. The highest BCUT2D eigenvalue weighted by Crippen LogP contribution is 2.36. The first kappa shape index (κ1) is 26.4. The van der Waals surface area contributed by atoms with Crippen LogP contribution < -0.4 is 0 Å². The van der Waals surface area contributed by atoms with Crippen molar-refractivity contribution >= 4 is 10.9 Å². The number of fused-ring (bicyclic) bond motifs is 1. The van der Waals surface area contributed by atoms with Gasteiger partial charge in [0.2, 0.25) is 0 Å². The van der Waals surface area contributed by atoms with E-state index < -0.39 is 11.7 Å². The SMILES string of the molecule is Cc1cc(-c2ccc3cc(-c4cc(-c5ccc(F)cc5)cc(-c5ccc(F)cc5)c4)cnc3c2)cc(C(F)(F)F)c1. The number of aryl methyl sites for hydroxylation is 1. The van der Waals surface area contributed by atoms with Crippen molar-refractivity contribution < 1.29 is 22.0 Å². The number of pyridine rings is 1. The first-order valence-corrected chi connectivity index (χ1v) is 12.9. The van der Waals surface area contributed by atoms with Gasteiger partial charge in [0, 0.05) is 17.1 Å². The number of hydrogen-bond donors (Lipinski definition) is 0. The molecule has 6 rings (SSSR count). The van der Waals surface area contributed by atoms with Crippen LogP contribution >= 0.6 is 0 Å². The van der Waals surface area contributed by atoms with Crippen molar-refractivity contribution in [3.63, 3.8) is 0 Å². The van der Waals surface area contributed by atoms with Crippen molar-refractivity contribution in [1.29, 1.82) is 0 Å². The van der Waals surface area contributed by atoms with Crippen LogP contribution in [0.3, 0.4) is 0 Å². The highest BCUT2D eigenvalue weighted by atomic mass is 19.4. The molecule has 0 saturated carbocycles. The Bertz CT molecular complexity index is 1830. The van der Waals surface area contributed by atoms with E-state index in [4.69, 9.17) is 0 Å². The summed E-state index contributed by atoms with van der Waals surface area (Å²) in [6.07, 6.45) is -2.71. The molecule has 6 heteroatoms. The number of aromatic nitrogens is 1. The van der Waals surface area contributed by atoms with Gasteiger partial charge in [-0.1, -0.05) is 42.5 Å². The Labute approximate surface area is 233 Å². The molecule has 0 amide bonds. The first-order chi connectivity index (χ1) is 19.6. The van der Waals surface area contributed by atoms with Crippen LogP contribution in [0.5, 0.6) is 0 Å². The summed E-state index contributed by atoms with van der Waals surface area (Å²) in [5.41, 5.74) is 6.66. The highest BCUT2D eigenvalue weighted by Gasteiger charge is 2.31. The van der Waals surface area contributed by atoms with E-state index in [0.717, 1.165) is 50.9 Å². The average Bonchev–Trinajstić information content (AvgIpc) is 2.96. The lowest BCUT2D eigenvalue weighted by Gasteiger charge is -2.13.